The molecule has 0 bridgehead atoms. The van der Waals surface area contributed by atoms with Crippen molar-refractivity contribution in [3.8, 4) is 33.9 Å². The summed E-state index contributed by atoms with van der Waals surface area (Å²) in [5, 5.41) is 26.4. The van der Waals surface area contributed by atoms with Crippen molar-refractivity contribution < 1.29 is 9.84 Å². The number of aromatic hydroxyl groups is 1. The summed E-state index contributed by atoms with van der Waals surface area (Å²) in [5.41, 5.74) is 4.04. The van der Waals surface area contributed by atoms with Crippen LogP contribution in [0.4, 0.5) is 11.6 Å². The van der Waals surface area contributed by atoms with E-state index in [-0.39, 0.29) is 16.8 Å². The van der Waals surface area contributed by atoms with Gasteiger partial charge in [0.1, 0.15) is 17.2 Å². The fourth-order valence-electron chi connectivity index (χ4n) is 5.35. The molecule has 34 heavy (non-hydrogen) atoms. The van der Waals surface area contributed by atoms with Crippen molar-refractivity contribution in [1.29, 1.82) is 0 Å². The summed E-state index contributed by atoms with van der Waals surface area (Å²) < 4.78 is 5.57. The molecule has 0 unspecified atom stereocenters. The van der Waals surface area contributed by atoms with Crippen LogP contribution in [0, 0.1) is 0 Å². The van der Waals surface area contributed by atoms with E-state index in [1.165, 1.54) is 0 Å². The Bertz CT molecular complexity index is 1190. The first-order chi connectivity index (χ1) is 16.1. The maximum Gasteiger partial charge on any atom is 0.245 e. The minimum absolute atomic E-state index is 0.0308. The number of nitrogens with zero attached hydrogens (tertiary/aromatic N) is 4. The van der Waals surface area contributed by atoms with Crippen molar-refractivity contribution in [1.82, 2.24) is 20.5 Å². The molecule has 0 radical (unpaired) electrons. The predicted octanol–water partition coefficient (Wildman–Crippen LogP) is 4.42. The smallest absolute Gasteiger partial charge is 0.245 e. The number of phenolic OH excluding ortho intramolecular Hbond substituents is 1. The molecule has 8 heteroatoms. The van der Waals surface area contributed by atoms with Crippen LogP contribution in [0.1, 0.15) is 40.5 Å². The summed E-state index contributed by atoms with van der Waals surface area (Å²) in [6.45, 7) is 9.41. The molecule has 5 rings (SSSR count). The fraction of sp³-hybridized carbons (Fsp3) is 0.423. The third-order valence-corrected chi connectivity index (χ3v) is 6.66. The molecule has 3 heterocycles. The van der Waals surface area contributed by atoms with Gasteiger partial charge >= 0.3 is 0 Å². The van der Waals surface area contributed by atoms with E-state index in [0.29, 0.717) is 30.0 Å². The molecule has 2 aliphatic heterocycles. The number of ether oxygens (including phenoxy) is 1. The number of hydrogen-bond acceptors (Lipinski definition) is 8. The second-order valence-corrected chi connectivity index (χ2v) is 10.6. The van der Waals surface area contributed by atoms with E-state index < -0.39 is 0 Å². The van der Waals surface area contributed by atoms with Crippen LogP contribution in [0.5, 0.6) is 11.5 Å². The van der Waals surface area contributed by atoms with Crippen molar-refractivity contribution in [2.45, 2.75) is 57.7 Å². The Morgan fingerprint density at radius 1 is 1.00 bits per heavy atom. The maximum absolute atomic E-state index is 10.7. The number of hydrogen-bond donors (Lipinski definition) is 3. The number of anilines is 2. The van der Waals surface area contributed by atoms with Crippen molar-refractivity contribution in [3.05, 3.63) is 42.6 Å². The van der Waals surface area contributed by atoms with Crippen LogP contribution in [0.2, 0.25) is 0 Å². The molecule has 3 N–H and O–H groups in total. The molecule has 8 nitrogen and oxygen atoms in total. The Morgan fingerprint density at radius 2 is 1.71 bits per heavy atom. The van der Waals surface area contributed by atoms with E-state index in [2.05, 4.69) is 58.4 Å². The molecule has 1 aromatic heterocycles. The van der Waals surface area contributed by atoms with Gasteiger partial charge in [0.2, 0.25) is 5.95 Å². The van der Waals surface area contributed by atoms with Gasteiger partial charge in [0.25, 0.3) is 0 Å². The van der Waals surface area contributed by atoms with Gasteiger partial charge in [-0.15, -0.1) is 10.2 Å². The standard InChI is InChI=1S/C26H32N6O2/c1-25(2)12-18(13-26(3,4)31-25)32(5)24-27-14-21(29-30-24)19-8-6-16(10-22(19)33)17-7-9-20-23(11-17)34-15-28-20/h6-11,14,18,28,31,33H,12-13,15H2,1-5H3. The number of benzene rings is 2. The lowest BCUT2D eigenvalue weighted by molar-refractivity contribution is 0.160. The first-order valence-electron chi connectivity index (χ1n) is 11.7. The number of phenols is 1. The number of rotatable bonds is 4. The molecule has 0 aliphatic carbocycles. The van der Waals surface area contributed by atoms with Crippen molar-refractivity contribution in [2.75, 3.05) is 24.0 Å². The topological polar surface area (TPSA) is 95.4 Å². The van der Waals surface area contributed by atoms with Crippen molar-refractivity contribution in [3.63, 3.8) is 0 Å². The summed E-state index contributed by atoms with van der Waals surface area (Å²) in [6, 6.07) is 11.8. The summed E-state index contributed by atoms with van der Waals surface area (Å²) in [7, 11) is 2.03. The predicted molar refractivity (Wildman–Crippen MR) is 134 cm³/mol. The van der Waals surface area contributed by atoms with Gasteiger partial charge in [-0.1, -0.05) is 12.1 Å². The number of piperidine rings is 1. The number of fused-ring (bicyclic) bond motifs is 1. The normalized spacial score (nSPS) is 18.6. The molecular formula is C26H32N6O2. The van der Waals surface area contributed by atoms with Crippen LogP contribution in [0.15, 0.2) is 42.6 Å². The van der Waals surface area contributed by atoms with Gasteiger partial charge in [-0.2, -0.15) is 0 Å². The van der Waals surface area contributed by atoms with Gasteiger partial charge in [0.05, 0.1) is 11.9 Å². The maximum atomic E-state index is 10.7. The lowest BCUT2D eigenvalue weighted by Crippen LogP contribution is -2.62. The molecular weight excluding hydrogens is 428 g/mol. The van der Waals surface area contributed by atoms with Crippen LogP contribution in [0.25, 0.3) is 22.4 Å². The van der Waals surface area contributed by atoms with Gasteiger partial charge in [-0.25, -0.2) is 4.98 Å². The van der Waals surface area contributed by atoms with Crippen LogP contribution >= 0.6 is 0 Å². The Morgan fingerprint density at radius 3 is 2.38 bits per heavy atom. The third kappa shape index (κ3) is 4.37. The monoisotopic (exact) mass is 460 g/mol. The van der Waals surface area contributed by atoms with Crippen LogP contribution in [-0.4, -0.2) is 51.2 Å². The Kier molecular flexibility index (Phi) is 5.36. The minimum atomic E-state index is 0.0308. The van der Waals surface area contributed by atoms with Gasteiger partial charge in [-0.3, -0.25) is 0 Å². The van der Waals surface area contributed by atoms with E-state index >= 15 is 0 Å². The Labute approximate surface area is 200 Å². The zero-order valence-electron chi connectivity index (χ0n) is 20.4. The highest BCUT2D eigenvalue weighted by Gasteiger charge is 2.39. The van der Waals surface area contributed by atoms with Gasteiger partial charge in [0, 0.05) is 29.7 Å². The molecule has 0 amide bonds. The average molecular weight is 461 g/mol. The number of aromatic nitrogens is 3. The van der Waals surface area contributed by atoms with E-state index in [0.717, 1.165) is 35.4 Å². The molecule has 1 fully saturated rings. The minimum Gasteiger partial charge on any atom is -0.507 e. The highest BCUT2D eigenvalue weighted by molar-refractivity contribution is 5.77. The van der Waals surface area contributed by atoms with Crippen LogP contribution in [0.3, 0.4) is 0 Å². The summed E-state index contributed by atoms with van der Waals surface area (Å²) in [6.07, 6.45) is 3.66. The number of nitrogens with one attached hydrogen (secondary N) is 2. The van der Waals surface area contributed by atoms with Gasteiger partial charge in [-0.05, 0) is 75.9 Å². The zero-order chi connectivity index (χ0) is 24.1. The molecule has 0 spiro atoms. The van der Waals surface area contributed by atoms with Gasteiger partial charge < -0.3 is 25.4 Å². The molecule has 3 aromatic rings. The molecule has 178 valence electrons. The summed E-state index contributed by atoms with van der Waals surface area (Å²) in [5.74, 6) is 1.54. The quantitative estimate of drug-likeness (QED) is 0.527. The first kappa shape index (κ1) is 22.4. The highest BCUT2D eigenvalue weighted by Crippen LogP contribution is 2.37. The van der Waals surface area contributed by atoms with Crippen LogP contribution < -0.4 is 20.3 Å². The third-order valence-electron chi connectivity index (χ3n) is 6.66. The molecule has 1 saturated heterocycles. The average Bonchev–Trinajstić information content (AvgIpc) is 3.24. The van der Waals surface area contributed by atoms with E-state index in [1.54, 1.807) is 12.3 Å². The lowest BCUT2D eigenvalue weighted by atomic mass is 9.79. The molecule has 0 saturated carbocycles. The Balaban J connectivity index is 1.35. The zero-order valence-corrected chi connectivity index (χ0v) is 20.4. The molecule has 0 atom stereocenters. The van der Waals surface area contributed by atoms with E-state index in [9.17, 15) is 5.11 Å². The van der Waals surface area contributed by atoms with Crippen molar-refractivity contribution in [2.24, 2.45) is 0 Å². The van der Waals surface area contributed by atoms with Gasteiger partial charge in [0.15, 0.2) is 6.73 Å². The van der Waals surface area contributed by atoms with E-state index in [4.69, 9.17) is 4.74 Å². The molecule has 2 aliphatic rings. The summed E-state index contributed by atoms with van der Waals surface area (Å²) in [4.78, 5) is 6.70. The second kappa shape index (κ2) is 8.13. The fourth-order valence-corrected chi connectivity index (χ4v) is 5.35. The SMILES string of the molecule is CN(c1ncc(-c2ccc(-c3ccc4c(c3)OCN4)cc2O)nn1)C1CC(C)(C)NC(C)(C)C1. The summed E-state index contributed by atoms with van der Waals surface area (Å²) >= 11 is 0. The lowest BCUT2D eigenvalue weighted by Gasteiger charge is -2.48. The van der Waals surface area contributed by atoms with Crippen molar-refractivity contribution >= 4 is 11.6 Å². The largest absolute Gasteiger partial charge is 0.507 e. The second-order valence-electron chi connectivity index (χ2n) is 10.6. The Hall–Kier alpha value is -3.39. The van der Waals surface area contributed by atoms with E-state index in [1.807, 2.05) is 37.4 Å². The highest BCUT2D eigenvalue weighted by atomic mass is 16.5. The first-order valence-corrected chi connectivity index (χ1v) is 11.7. The molecule has 2 aromatic carbocycles. The van der Waals surface area contributed by atoms with Crippen LogP contribution in [-0.2, 0) is 0 Å².